The Morgan fingerprint density at radius 1 is 0.971 bits per heavy atom. The summed E-state index contributed by atoms with van der Waals surface area (Å²) in [5.41, 5.74) is 4.67. The summed E-state index contributed by atoms with van der Waals surface area (Å²) in [5, 5.41) is 15.2. The lowest BCUT2D eigenvalue weighted by atomic mass is 9.94. The number of nitrogens with one attached hydrogen (secondary N) is 2. The summed E-state index contributed by atoms with van der Waals surface area (Å²) in [5.74, 6) is -1.90. The first kappa shape index (κ1) is 24.8. The normalized spacial score (nSPS) is 20.1. The zero-order valence-electron chi connectivity index (χ0n) is 20.2. The van der Waals surface area contributed by atoms with Crippen molar-refractivity contribution in [1.82, 2.24) is 10.6 Å². The number of carbonyl (C=O) groups is 3. The molecule has 3 N–H and O–H groups in total. The number of aliphatic carboxylic acids is 1. The van der Waals surface area contributed by atoms with Gasteiger partial charge in [-0.05, 0) is 41.5 Å². The van der Waals surface area contributed by atoms with Crippen LogP contribution in [0, 0.1) is 11.8 Å². The standard InChI is InChI=1S/C28H34N2O5/c1-18(26(31)30-25-14-4-2-3-13-23(25)27(32)33)15-16-29-28(34)35-17-24-21-11-7-5-9-19(21)20-10-6-8-12-22(20)24/h5-12,18,23-25H,2-4,13-17H2,1H3,(H,29,34)(H,30,31)(H,32,33)/t18?,23-,25+/m0/s1. The first-order valence-corrected chi connectivity index (χ1v) is 12.6. The topological polar surface area (TPSA) is 105 Å². The van der Waals surface area contributed by atoms with Gasteiger partial charge in [-0.1, -0.05) is 74.7 Å². The van der Waals surface area contributed by atoms with Gasteiger partial charge in [0.25, 0.3) is 0 Å². The van der Waals surface area contributed by atoms with Crippen LogP contribution in [-0.4, -0.2) is 42.3 Å². The van der Waals surface area contributed by atoms with Crippen LogP contribution in [0.2, 0.25) is 0 Å². The lowest BCUT2D eigenvalue weighted by Crippen LogP contribution is -2.45. The van der Waals surface area contributed by atoms with Gasteiger partial charge in [-0.3, -0.25) is 9.59 Å². The Morgan fingerprint density at radius 3 is 2.26 bits per heavy atom. The van der Waals surface area contributed by atoms with Crippen molar-refractivity contribution in [2.75, 3.05) is 13.2 Å². The van der Waals surface area contributed by atoms with E-state index in [4.69, 9.17) is 4.74 Å². The van der Waals surface area contributed by atoms with Crippen molar-refractivity contribution in [2.24, 2.45) is 11.8 Å². The molecular formula is C28H34N2O5. The zero-order valence-corrected chi connectivity index (χ0v) is 20.2. The monoisotopic (exact) mass is 478 g/mol. The lowest BCUT2D eigenvalue weighted by Gasteiger charge is -2.24. The van der Waals surface area contributed by atoms with Crippen LogP contribution < -0.4 is 10.6 Å². The Balaban J connectivity index is 1.23. The highest BCUT2D eigenvalue weighted by Crippen LogP contribution is 2.44. The van der Waals surface area contributed by atoms with E-state index < -0.39 is 18.0 Å². The van der Waals surface area contributed by atoms with Crippen molar-refractivity contribution in [1.29, 1.82) is 0 Å². The molecule has 0 radical (unpaired) electrons. The number of amides is 2. The van der Waals surface area contributed by atoms with E-state index in [1.807, 2.05) is 24.3 Å². The van der Waals surface area contributed by atoms with Crippen LogP contribution in [0.3, 0.4) is 0 Å². The third-order valence-electron chi connectivity index (χ3n) is 7.30. The smallest absolute Gasteiger partial charge is 0.407 e. The number of rotatable bonds is 8. The summed E-state index contributed by atoms with van der Waals surface area (Å²) in [7, 11) is 0. The molecule has 2 aromatic rings. The minimum Gasteiger partial charge on any atom is -0.481 e. The fourth-order valence-electron chi connectivity index (χ4n) is 5.27. The predicted octanol–water partition coefficient (Wildman–Crippen LogP) is 4.70. The molecular weight excluding hydrogens is 444 g/mol. The Morgan fingerprint density at radius 2 is 1.60 bits per heavy atom. The predicted molar refractivity (Wildman–Crippen MR) is 133 cm³/mol. The largest absolute Gasteiger partial charge is 0.481 e. The number of carbonyl (C=O) groups excluding carboxylic acids is 2. The van der Waals surface area contributed by atoms with E-state index in [1.165, 1.54) is 11.1 Å². The van der Waals surface area contributed by atoms with Gasteiger partial charge in [0.05, 0.1) is 5.92 Å². The highest BCUT2D eigenvalue weighted by atomic mass is 16.5. The quantitative estimate of drug-likeness (QED) is 0.477. The van der Waals surface area contributed by atoms with Crippen molar-refractivity contribution in [3.05, 3.63) is 59.7 Å². The van der Waals surface area contributed by atoms with Gasteiger partial charge in [-0.25, -0.2) is 4.79 Å². The van der Waals surface area contributed by atoms with E-state index >= 15 is 0 Å². The third kappa shape index (κ3) is 5.84. The Hall–Kier alpha value is -3.35. The van der Waals surface area contributed by atoms with Crippen LogP contribution in [0.5, 0.6) is 0 Å². The first-order valence-electron chi connectivity index (χ1n) is 12.6. The van der Waals surface area contributed by atoms with Crippen molar-refractivity contribution >= 4 is 18.0 Å². The van der Waals surface area contributed by atoms with E-state index in [0.29, 0.717) is 25.8 Å². The van der Waals surface area contributed by atoms with Crippen molar-refractivity contribution < 1.29 is 24.2 Å². The van der Waals surface area contributed by atoms with E-state index in [1.54, 1.807) is 6.92 Å². The number of ether oxygens (including phenoxy) is 1. The number of carboxylic acids is 1. The van der Waals surface area contributed by atoms with Crippen LogP contribution in [0.1, 0.15) is 62.5 Å². The van der Waals surface area contributed by atoms with Gasteiger partial charge in [0, 0.05) is 24.4 Å². The average molecular weight is 479 g/mol. The molecule has 0 spiro atoms. The van der Waals surface area contributed by atoms with Crippen molar-refractivity contribution in [3.63, 3.8) is 0 Å². The molecule has 2 aliphatic carbocycles. The fourth-order valence-corrected chi connectivity index (χ4v) is 5.27. The molecule has 186 valence electrons. The van der Waals surface area contributed by atoms with Gasteiger partial charge in [0.2, 0.25) is 5.91 Å². The molecule has 0 aliphatic heterocycles. The molecule has 2 aliphatic rings. The van der Waals surface area contributed by atoms with Crippen LogP contribution >= 0.6 is 0 Å². The van der Waals surface area contributed by atoms with Crippen LogP contribution in [-0.2, 0) is 14.3 Å². The number of fused-ring (bicyclic) bond motifs is 3. The second-order valence-corrected chi connectivity index (χ2v) is 9.64. The highest BCUT2D eigenvalue weighted by molar-refractivity contribution is 5.80. The van der Waals surface area contributed by atoms with E-state index in [2.05, 4.69) is 34.9 Å². The second kappa shape index (κ2) is 11.4. The molecule has 7 heteroatoms. The number of hydrogen-bond acceptors (Lipinski definition) is 4. The molecule has 35 heavy (non-hydrogen) atoms. The minimum absolute atomic E-state index is 0.000364. The van der Waals surface area contributed by atoms with Gasteiger partial charge in [0.15, 0.2) is 0 Å². The number of benzene rings is 2. The Kier molecular flexibility index (Phi) is 8.06. The SMILES string of the molecule is CC(CCNC(=O)OCC1c2ccccc2-c2ccccc21)C(=O)N[C@@H]1CCCCC[C@@H]1C(=O)O. The minimum atomic E-state index is -0.846. The van der Waals surface area contributed by atoms with Crippen LogP contribution in [0.4, 0.5) is 4.79 Å². The molecule has 0 saturated heterocycles. The van der Waals surface area contributed by atoms with Crippen molar-refractivity contribution in [2.45, 2.75) is 57.4 Å². The summed E-state index contributed by atoms with van der Waals surface area (Å²) in [6.07, 6.45) is 4.02. The first-order chi connectivity index (χ1) is 17.0. The number of alkyl carbamates (subject to hydrolysis) is 1. The number of hydrogen-bond donors (Lipinski definition) is 3. The maximum absolute atomic E-state index is 12.7. The molecule has 0 heterocycles. The molecule has 4 rings (SSSR count). The maximum Gasteiger partial charge on any atom is 0.407 e. The summed E-state index contributed by atoms with van der Waals surface area (Å²) in [6.45, 7) is 2.34. The molecule has 1 saturated carbocycles. The van der Waals surface area contributed by atoms with E-state index in [0.717, 1.165) is 30.4 Å². The van der Waals surface area contributed by atoms with E-state index in [9.17, 15) is 19.5 Å². The molecule has 2 aromatic carbocycles. The molecule has 3 atom stereocenters. The van der Waals surface area contributed by atoms with Gasteiger partial charge >= 0.3 is 12.1 Å². The van der Waals surface area contributed by atoms with Crippen LogP contribution in [0.25, 0.3) is 11.1 Å². The van der Waals surface area contributed by atoms with E-state index in [-0.39, 0.29) is 30.4 Å². The fraction of sp³-hybridized carbons (Fsp3) is 0.464. The highest BCUT2D eigenvalue weighted by Gasteiger charge is 2.32. The van der Waals surface area contributed by atoms with Crippen molar-refractivity contribution in [3.8, 4) is 11.1 Å². The molecule has 0 aromatic heterocycles. The summed E-state index contributed by atoms with van der Waals surface area (Å²) >= 11 is 0. The molecule has 2 amide bonds. The maximum atomic E-state index is 12.7. The third-order valence-corrected chi connectivity index (χ3v) is 7.30. The Bertz CT molecular complexity index is 1020. The summed E-state index contributed by atoms with van der Waals surface area (Å²) < 4.78 is 5.54. The van der Waals surface area contributed by atoms with Crippen LogP contribution in [0.15, 0.2) is 48.5 Å². The molecule has 1 unspecified atom stereocenters. The number of carboxylic acid groups (broad SMARTS) is 1. The van der Waals surface area contributed by atoms with Gasteiger partial charge in [-0.15, -0.1) is 0 Å². The Labute approximate surface area is 206 Å². The molecule has 0 bridgehead atoms. The zero-order chi connectivity index (χ0) is 24.8. The summed E-state index contributed by atoms with van der Waals surface area (Å²) in [4.78, 5) is 36.6. The lowest BCUT2D eigenvalue weighted by molar-refractivity contribution is -0.143. The second-order valence-electron chi connectivity index (χ2n) is 9.64. The average Bonchev–Trinajstić information content (AvgIpc) is 2.98. The molecule has 7 nitrogen and oxygen atoms in total. The van der Waals surface area contributed by atoms with Gasteiger partial charge in [0.1, 0.15) is 6.61 Å². The van der Waals surface area contributed by atoms with Gasteiger partial charge in [-0.2, -0.15) is 0 Å². The van der Waals surface area contributed by atoms with Gasteiger partial charge < -0.3 is 20.5 Å². The molecule has 1 fully saturated rings. The summed E-state index contributed by atoms with van der Waals surface area (Å²) in [6, 6.07) is 16.0.